The highest BCUT2D eigenvalue weighted by atomic mass is 19.4. The Labute approximate surface area is 192 Å². The predicted molar refractivity (Wildman–Crippen MR) is 106 cm³/mol. The van der Waals surface area contributed by atoms with Crippen LogP contribution < -0.4 is 14.8 Å². The number of benzene rings is 1. The second-order valence-electron chi connectivity index (χ2n) is 6.87. The van der Waals surface area contributed by atoms with Crippen LogP contribution in [0.2, 0.25) is 0 Å². The van der Waals surface area contributed by atoms with Crippen molar-refractivity contribution in [3.63, 3.8) is 0 Å². The van der Waals surface area contributed by atoms with Gasteiger partial charge in [-0.25, -0.2) is 0 Å². The molecule has 14 heteroatoms. The fraction of sp³-hybridized carbons (Fsp3) is 0.238. The Morgan fingerprint density at radius 2 is 1.57 bits per heavy atom. The average Bonchev–Trinajstić information content (AvgIpc) is 2.78. The third-order valence-corrected chi connectivity index (χ3v) is 4.41. The summed E-state index contributed by atoms with van der Waals surface area (Å²) in [5.74, 6) is -2.09. The van der Waals surface area contributed by atoms with Crippen LogP contribution in [-0.2, 0) is 6.18 Å². The number of ether oxygens (including phenoxy) is 2. The Morgan fingerprint density at radius 1 is 0.914 bits per heavy atom. The van der Waals surface area contributed by atoms with Crippen LogP contribution in [0.25, 0.3) is 11.4 Å². The van der Waals surface area contributed by atoms with E-state index < -0.39 is 48.2 Å². The van der Waals surface area contributed by atoms with Gasteiger partial charge in [-0.2, -0.15) is 30.7 Å². The number of aromatic nitrogens is 3. The van der Waals surface area contributed by atoms with Gasteiger partial charge in [-0.15, -0.1) is 0 Å². The molecule has 7 nitrogen and oxygen atoms in total. The lowest BCUT2D eigenvalue weighted by atomic mass is 10.1. The number of carbonyl (C=O) groups is 1. The van der Waals surface area contributed by atoms with Crippen molar-refractivity contribution in [2.75, 3.05) is 0 Å². The van der Waals surface area contributed by atoms with E-state index in [0.717, 1.165) is 12.3 Å². The van der Waals surface area contributed by atoms with Gasteiger partial charge in [0.2, 0.25) is 0 Å². The predicted octanol–water partition coefficient (Wildman–Crippen LogP) is 5.25. The van der Waals surface area contributed by atoms with Crippen LogP contribution in [-0.4, -0.2) is 34.1 Å². The van der Waals surface area contributed by atoms with Gasteiger partial charge in [0.1, 0.15) is 17.2 Å². The summed E-state index contributed by atoms with van der Waals surface area (Å²) in [4.78, 5) is 24.9. The van der Waals surface area contributed by atoms with E-state index in [2.05, 4.69) is 29.7 Å². The smallest absolute Gasteiger partial charge is 0.416 e. The molecule has 0 aliphatic carbocycles. The maximum atomic E-state index is 13.2. The summed E-state index contributed by atoms with van der Waals surface area (Å²) in [6.45, 7) is -5.00. The zero-order valence-corrected chi connectivity index (χ0v) is 17.6. The van der Waals surface area contributed by atoms with E-state index in [1.807, 2.05) is 0 Å². The van der Waals surface area contributed by atoms with Crippen LogP contribution in [0.15, 0.2) is 48.9 Å². The number of carbonyl (C=O) groups excluding carboxylic acids is 1. The minimum absolute atomic E-state index is 0.145. The van der Waals surface area contributed by atoms with Gasteiger partial charge in [0, 0.05) is 18.0 Å². The summed E-state index contributed by atoms with van der Waals surface area (Å²) in [7, 11) is 0. The van der Waals surface area contributed by atoms with Crippen LogP contribution in [0.5, 0.6) is 11.5 Å². The van der Waals surface area contributed by atoms with Crippen molar-refractivity contribution in [1.29, 1.82) is 0 Å². The molecule has 3 aromatic rings. The van der Waals surface area contributed by atoms with E-state index in [4.69, 9.17) is 0 Å². The number of alkyl halides is 7. The molecule has 0 spiro atoms. The SMILES string of the molecule is CC(NC(=O)c1cc(OC(F)F)cc(C(F)(F)F)c1)c1nccnc1-c1ccc(OC(F)F)cn1. The first-order chi connectivity index (χ1) is 16.4. The first-order valence-electron chi connectivity index (χ1n) is 9.64. The van der Waals surface area contributed by atoms with Gasteiger partial charge >= 0.3 is 19.4 Å². The largest absolute Gasteiger partial charge is 0.435 e. The molecular weight excluding hydrogens is 489 g/mol. The van der Waals surface area contributed by atoms with Crippen LogP contribution >= 0.6 is 0 Å². The van der Waals surface area contributed by atoms with Gasteiger partial charge in [0.15, 0.2) is 0 Å². The molecule has 0 fully saturated rings. The third kappa shape index (κ3) is 6.77. The second kappa shape index (κ2) is 10.5. The van der Waals surface area contributed by atoms with Crippen molar-refractivity contribution in [1.82, 2.24) is 20.3 Å². The molecule has 35 heavy (non-hydrogen) atoms. The highest BCUT2D eigenvalue weighted by Crippen LogP contribution is 2.33. The molecule has 0 aliphatic rings. The Kier molecular flexibility index (Phi) is 7.71. The Bertz CT molecular complexity index is 1170. The van der Waals surface area contributed by atoms with E-state index in [9.17, 15) is 35.5 Å². The molecule has 0 bridgehead atoms. The lowest BCUT2D eigenvalue weighted by Gasteiger charge is -2.17. The molecule has 1 aromatic carbocycles. The minimum atomic E-state index is -4.92. The van der Waals surface area contributed by atoms with Crippen molar-refractivity contribution < 1.29 is 45.0 Å². The van der Waals surface area contributed by atoms with E-state index >= 15 is 0 Å². The zero-order chi connectivity index (χ0) is 25.8. The molecule has 1 amide bonds. The highest BCUT2D eigenvalue weighted by molar-refractivity contribution is 5.95. The number of amides is 1. The number of hydrogen-bond donors (Lipinski definition) is 1. The molecule has 0 saturated carbocycles. The molecule has 2 heterocycles. The topological polar surface area (TPSA) is 86.2 Å². The Hall–Kier alpha value is -3.97. The van der Waals surface area contributed by atoms with E-state index in [-0.39, 0.29) is 22.8 Å². The molecule has 1 unspecified atom stereocenters. The molecule has 1 atom stereocenters. The summed E-state index contributed by atoms with van der Waals surface area (Å²) < 4.78 is 97.5. The van der Waals surface area contributed by atoms with Gasteiger partial charge < -0.3 is 14.8 Å². The van der Waals surface area contributed by atoms with Gasteiger partial charge in [-0.3, -0.25) is 19.7 Å². The van der Waals surface area contributed by atoms with Gasteiger partial charge in [-0.1, -0.05) is 0 Å². The normalized spacial score (nSPS) is 12.5. The lowest BCUT2D eigenvalue weighted by molar-refractivity contribution is -0.138. The monoisotopic (exact) mass is 504 g/mol. The molecule has 0 saturated heterocycles. The number of nitrogens with zero attached hydrogens (tertiary/aromatic N) is 3. The third-order valence-electron chi connectivity index (χ3n) is 4.41. The highest BCUT2D eigenvalue weighted by Gasteiger charge is 2.32. The van der Waals surface area contributed by atoms with Crippen LogP contribution in [0.4, 0.5) is 30.7 Å². The maximum absolute atomic E-state index is 13.2. The number of pyridine rings is 1. The summed E-state index contributed by atoms with van der Waals surface area (Å²) >= 11 is 0. The summed E-state index contributed by atoms with van der Waals surface area (Å²) in [6, 6.07) is 3.16. The average molecular weight is 504 g/mol. The van der Waals surface area contributed by atoms with Gasteiger partial charge in [0.05, 0.1) is 29.2 Å². The molecule has 1 N–H and O–H groups in total. The summed E-state index contributed by atoms with van der Waals surface area (Å²) in [6.07, 6.45) is -1.31. The Morgan fingerprint density at radius 3 is 2.17 bits per heavy atom. The van der Waals surface area contributed by atoms with Gasteiger partial charge in [-0.05, 0) is 37.3 Å². The molecule has 0 radical (unpaired) electrons. The number of rotatable bonds is 8. The van der Waals surface area contributed by atoms with Crippen LogP contribution in [0, 0.1) is 0 Å². The van der Waals surface area contributed by atoms with Crippen molar-refractivity contribution >= 4 is 5.91 Å². The standard InChI is InChI=1S/C21H15F7N4O3/c1-10(16-17(30-5-4-29-16)15-3-2-13(9-31-15)34-19(22)23)32-18(33)11-6-12(21(26,27)28)8-14(7-11)35-20(24)25/h2-10,19-20H,1H3,(H,32,33). The number of hydrogen-bond acceptors (Lipinski definition) is 6. The summed E-state index contributed by atoms with van der Waals surface area (Å²) in [5.41, 5.74) is -1.47. The molecule has 2 aromatic heterocycles. The fourth-order valence-electron chi connectivity index (χ4n) is 2.97. The van der Waals surface area contributed by atoms with E-state index in [0.29, 0.717) is 12.1 Å². The van der Waals surface area contributed by atoms with Crippen molar-refractivity contribution in [3.05, 3.63) is 65.7 Å². The fourth-order valence-corrected chi connectivity index (χ4v) is 2.97. The van der Waals surface area contributed by atoms with Gasteiger partial charge in [0.25, 0.3) is 5.91 Å². The molecule has 186 valence electrons. The lowest BCUT2D eigenvalue weighted by Crippen LogP contribution is -2.28. The molecule has 0 aliphatic heterocycles. The molecular formula is C21H15F7N4O3. The number of nitrogens with one attached hydrogen (secondary N) is 1. The van der Waals surface area contributed by atoms with Crippen molar-refractivity contribution in [2.45, 2.75) is 32.4 Å². The quantitative estimate of drug-likeness (QED) is 0.422. The van der Waals surface area contributed by atoms with Crippen molar-refractivity contribution in [2.24, 2.45) is 0 Å². The summed E-state index contributed by atoms with van der Waals surface area (Å²) in [5, 5.41) is 2.42. The van der Waals surface area contributed by atoms with E-state index in [1.54, 1.807) is 0 Å². The van der Waals surface area contributed by atoms with Crippen LogP contribution in [0.3, 0.4) is 0 Å². The second-order valence-corrected chi connectivity index (χ2v) is 6.87. The maximum Gasteiger partial charge on any atom is 0.416 e. The Balaban J connectivity index is 1.87. The first-order valence-corrected chi connectivity index (χ1v) is 9.64. The van der Waals surface area contributed by atoms with Crippen molar-refractivity contribution in [3.8, 4) is 22.9 Å². The zero-order valence-electron chi connectivity index (χ0n) is 17.6. The van der Waals surface area contributed by atoms with Crippen LogP contribution in [0.1, 0.15) is 34.6 Å². The minimum Gasteiger partial charge on any atom is -0.435 e. The first kappa shape index (κ1) is 25.6. The molecule has 3 rings (SSSR count). The van der Waals surface area contributed by atoms with E-state index in [1.165, 1.54) is 31.5 Å². The number of halogens is 7.